The molecule has 0 saturated carbocycles. The number of carboxylic acid groups (broad SMARTS) is 1. The molecule has 0 aliphatic carbocycles. The molecule has 0 spiro atoms. The summed E-state index contributed by atoms with van der Waals surface area (Å²) in [5.74, 6) is -0.194. The molecule has 1 rings (SSSR count). The number of nitro groups is 1. The maximum absolute atomic E-state index is 10.6. The zero-order valence-corrected chi connectivity index (χ0v) is 9.49. The van der Waals surface area contributed by atoms with Gasteiger partial charge in [-0.05, 0) is 11.3 Å². The lowest BCUT2D eigenvalue weighted by molar-refractivity contribution is -0.385. The molecule has 0 aliphatic heterocycles. The molecule has 0 aromatic heterocycles. The van der Waals surface area contributed by atoms with Crippen LogP contribution in [0.25, 0.3) is 0 Å². The summed E-state index contributed by atoms with van der Waals surface area (Å²) in [6.07, 6.45) is -0.111. The number of hydrogen-bond donors (Lipinski definition) is 1. The van der Waals surface area contributed by atoms with E-state index in [0.717, 1.165) is 5.75 Å². The summed E-state index contributed by atoms with van der Waals surface area (Å²) in [5.41, 5.74) is 0.607. The van der Waals surface area contributed by atoms with E-state index < -0.39 is 10.9 Å². The predicted molar refractivity (Wildman–Crippen MR) is 60.8 cm³/mol. The van der Waals surface area contributed by atoms with Gasteiger partial charge in [-0.1, -0.05) is 13.0 Å². The van der Waals surface area contributed by atoms with Gasteiger partial charge in [-0.3, -0.25) is 14.9 Å². The van der Waals surface area contributed by atoms with Crippen LogP contribution in [-0.4, -0.2) is 21.8 Å². The van der Waals surface area contributed by atoms with Crippen LogP contribution >= 0.6 is 11.8 Å². The van der Waals surface area contributed by atoms with Gasteiger partial charge >= 0.3 is 5.97 Å². The van der Waals surface area contributed by atoms with Crippen molar-refractivity contribution in [3.05, 3.63) is 33.9 Å². The first-order chi connectivity index (χ1) is 7.54. The Balaban J connectivity index is 3.08. The molecule has 1 aromatic rings. The van der Waals surface area contributed by atoms with Crippen LogP contribution in [0, 0.1) is 10.1 Å². The van der Waals surface area contributed by atoms with E-state index in [4.69, 9.17) is 5.11 Å². The Kier molecular flexibility index (Phi) is 4.30. The van der Waals surface area contributed by atoms with Gasteiger partial charge in [0.15, 0.2) is 0 Å². The average Bonchev–Trinajstić information content (AvgIpc) is 2.20. The van der Waals surface area contributed by atoms with Crippen molar-refractivity contribution >= 4 is 23.4 Å². The molecular formula is C10H11NO4S. The van der Waals surface area contributed by atoms with E-state index in [9.17, 15) is 14.9 Å². The number of thioether (sulfide) groups is 1. The number of nitrogens with zero attached hydrogens (tertiary/aromatic N) is 1. The van der Waals surface area contributed by atoms with Crippen LogP contribution in [0.5, 0.6) is 0 Å². The molecule has 1 N–H and O–H groups in total. The molecule has 0 radical (unpaired) electrons. The zero-order chi connectivity index (χ0) is 12.1. The van der Waals surface area contributed by atoms with Gasteiger partial charge < -0.3 is 5.11 Å². The highest BCUT2D eigenvalue weighted by Crippen LogP contribution is 2.27. The summed E-state index contributed by atoms with van der Waals surface area (Å²) in [6.45, 7) is 1.91. The fraction of sp³-hybridized carbons (Fsp3) is 0.300. The van der Waals surface area contributed by atoms with Crippen LogP contribution in [0.4, 0.5) is 5.69 Å². The highest BCUT2D eigenvalue weighted by Gasteiger charge is 2.12. The summed E-state index contributed by atoms with van der Waals surface area (Å²) in [4.78, 5) is 21.4. The number of aliphatic carboxylic acids is 1. The van der Waals surface area contributed by atoms with Gasteiger partial charge in [-0.25, -0.2) is 0 Å². The van der Waals surface area contributed by atoms with Gasteiger partial charge in [0, 0.05) is 17.0 Å². The van der Waals surface area contributed by atoms with Crippen molar-refractivity contribution in [1.29, 1.82) is 0 Å². The number of rotatable bonds is 5. The Morgan fingerprint density at radius 2 is 2.25 bits per heavy atom. The van der Waals surface area contributed by atoms with Crippen molar-refractivity contribution < 1.29 is 14.8 Å². The highest BCUT2D eigenvalue weighted by atomic mass is 32.2. The summed E-state index contributed by atoms with van der Waals surface area (Å²) in [7, 11) is 0. The summed E-state index contributed by atoms with van der Waals surface area (Å²) in [6, 6.07) is 4.26. The molecule has 16 heavy (non-hydrogen) atoms. The Bertz CT molecular complexity index is 419. The standard InChI is InChI=1S/C10H11NO4S/c1-2-16-9-6-8(11(14)15)4-3-7(9)5-10(12)13/h3-4,6H,2,5H2,1H3,(H,12,13). The van der Waals surface area contributed by atoms with Gasteiger partial charge in [-0.15, -0.1) is 11.8 Å². The third-order valence-electron chi connectivity index (χ3n) is 1.90. The molecule has 0 atom stereocenters. The number of hydrogen-bond acceptors (Lipinski definition) is 4. The molecule has 5 nitrogen and oxygen atoms in total. The SMILES string of the molecule is CCSc1cc([N+](=O)[O-])ccc1CC(=O)O. The normalized spacial score (nSPS) is 10.1. The van der Waals surface area contributed by atoms with E-state index in [2.05, 4.69) is 0 Å². The van der Waals surface area contributed by atoms with E-state index in [-0.39, 0.29) is 12.1 Å². The fourth-order valence-electron chi connectivity index (χ4n) is 1.26. The first-order valence-corrected chi connectivity index (χ1v) is 5.65. The lowest BCUT2D eigenvalue weighted by atomic mass is 10.1. The maximum atomic E-state index is 10.6. The monoisotopic (exact) mass is 241 g/mol. The first kappa shape index (κ1) is 12.5. The molecule has 86 valence electrons. The minimum Gasteiger partial charge on any atom is -0.481 e. The van der Waals surface area contributed by atoms with Crippen LogP contribution in [0.1, 0.15) is 12.5 Å². The molecule has 1 aromatic carbocycles. The van der Waals surface area contributed by atoms with Gasteiger partial charge in [0.05, 0.1) is 11.3 Å². The van der Waals surface area contributed by atoms with Gasteiger partial charge in [0.2, 0.25) is 0 Å². The van der Waals surface area contributed by atoms with Crippen LogP contribution in [0.15, 0.2) is 23.1 Å². The predicted octanol–water partition coefficient (Wildman–Crippen LogP) is 2.33. The number of carbonyl (C=O) groups is 1. The minimum atomic E-state index is -0.938. The van der Waals surface area contributed by atoms with Crippen LogP contribution in [-0.2, 0) is 11.2 Å². The maximum Gasteiger partial charge on any atom is 0.307 e. The fourth-order valence-corrected chi connectivity index (χ4v) is 2.10. The van der Waals surface area contributed by atoms with Crippen molar-refractivity contribution in [2.45, 2.75) is 18.2 Å². The first-order valence-electron chi connectivity index (χ1n) is 4.66. The number of non-ortho nitro benzene ring substituents is 1. The second kappa shape index (κ2) is 5.50. The lowest BCUT2D eigenvalue weighted by Crippen LogP contribution is -2.02. The largest absolute Gasteiger partial charge is 0.481 e. The Morgan fingerprint density at radius 1 is 1.56 bits per heavy atom. The third kappa shape index (κ3) is 3.23. The van der Waals surface area contributed by atoms with Crippen molar-refractivity contribution in [2.24, 2.45) is 0 Å². The Labute approximate surface area is 96.6 Å². The molecular weight excluding hydrogens is 230 g/mol. The molecule has 0 unspecified atom stereocenters. The Hall–Kier alpha value is -1.56. The van der Waals surface area contributed by atoms with Crippen molar-refractivity contribution in [3.8, 4) is 0 Å². The van der Waals surface area contributed by atoms with Gasteiger partial charge in [0.25, 0.3) is 5.69 Å². The molecule has 6 heteroatoms. The Morgan fingerprint density at radius 3 is 2.75 bits per heavy atom. The molecule has 0 heterocycles. The lowest BCUT2D eigenvalue weighted by Gasteiger charge is -2.05. The van der Waals surface area contributed by atoms with E-state index in [1.165, 1.54) is 30.0 Å². The quantitative estimate of drug-likeness (QED) is 0.486. The van der Waals surface area contributed by atoms with E-state index in [0.29, 0.717) is 10.5 Å². The van der Waals surface area contributed by atoms with Gasteiger partial charge in [-0.2, -0.15) is 0 Å². The van der Waals surface area contributed by atoms with Crippen molar-refractivity contribution in [1.82, 2.24) is 0 Å². The van der Waals surface area contributed by atoms with Crippen LogP contribution in [0.3, 0.4) is 0 Å². The average molecular weight is 241 g/mol. The molecule has 0 saturated heterocycles. The third-order valence-corrected chi connectivity index (χ3v) is 2.88. The topological polar surface area (TPSA) is 80.4 Å². The van der Waals surface area contributed by atoms with E-state index in [1.54, 1.807) is 0 Å². The second-order valence-electron chi connectivity index (χ2n) is 3.05. The van der Waals surface area contributed by atoms with Crippen LogP contribution in [0.2, 0.25) is 0 Å². The van der Waals surface area contributed by atoms with Crippen molar-refractivity contribution in [2.75, 3.05) is 5.75 Å². The number of nitro benzene ring substituents is 1. The summed E-state index contributed by atoms with van der Waals surface area (Å²) in [5, 5.41) is 19.3. The zero-order valence-electron chi connectivity index (χ0n) is 8.67. The molecule has 0 fully saturated rings. The summed E-state index contributed by atoms with van der Waals surface area (Å²) >= 11 is 1.41. The number of benzene rings is 1. The highest BCUT2D eigenvalue weighted by molar-refractivity contribution is 7.99. The molecule has 0 amide bonds. The minimum absolute atomic E-state index is 0.00918. The molecule has 0 bridgehead atoms. The van der Waals surface area contributed by atoms with E-state index >= 15 is 0 Å². The molecule has 0 aliphatic rings. The number of carboxylic acids is 1. The second-order valence-corrected chi connectivity index (χ2v) is 4.36. The van der Waals surface area contributed by atoms with Crippen molar-refractivity contribution in [3.63, 3.8) is 0 Å². The smallest absolute Gasteiger partial charge is 0.307 e. The van der Waals surface area contributed by atoms with Crippen LogP contribution < -0.4 is 0 Å². The summed E-state index contributed by atoms with van der Waals surface area (Å²) < 4.78 is 0. The van der Waals surface area contributed by atoms with Gasteiger partial charge in [0.1, 0.15) is 0 Å². The van der Waals surface area contributed by atoms with E-state index in [1.807, 2.05) is 6.92 Å².